The second-order valence-corrected chi connectivity index (χ2v) is 10.4. The molecule has 2 aromatic heterocycles. The number of para-hydroxylation sites is 1. The van der Waals surface area contributed by atoms with E-state index in [4.69, 9.17) is 17.2 Å². The topological polar surface area (TPSA) is 297 Å². The van der Waals surface area contributed by atoms with Gasteiger partial charge in [-0.15, -0.1) is 0 Å². The third kappa shape index (κ3) is 10.6. The molecule has 4 atom stereocenters. The highest BCUT2D eigenvalue weighted by Crippen LogP contribution is 2.19. The summed E-state index contributed by atoms with van der Waals surface area (Å²) in [5.41, 5.74) is 18.8. The molecule has 13 N–H and O–H groups in total. The molecule has 17 nitrogen and oxygen atoms in total. The number of carboxylic acids is 2. The molecule has 3 amide bonds. The van der Waals surface area contributed by atoms with E-state index in [0.29, 0.717) is 11.3 Å². The molecule has 0 spiro atoms. The molecule has 0 saturated heterocycles. The van der Waals surface area contributed by atoms with Gasteiger partial charge in [0, 0.05) is 54.8 Å². The molecule has 3 rings (SSSR count). The SMILES string of the molecule is NC(N)=NCCCC(NC(=O)C(CCC(=O)O)NC(=O)C(N)Cc1cnc[nH]1)C(=O)NC(Cc1c[nH]c2ccccc12)C(=O)O. The zero-order chi connectivity index (χ0) is 32.9. The van der Waals surface area contributed by atoms with Gasteiger partial charge in [0.1, 0.15) is 18.1 Å². The molecule has 0 saturated carbocycles. The van der Waals surface area contributed by atoms with E-state index in [0.717, 1.165) is 10.9 Å². The molecule has 0 bridgehead atoms. The third-order valence-electron chi connectivity index (χ3n) is 6.90. The Labute approximate surface area is 257 Å². The highest BCUT2D eigenvalue weighted by Gasteiger charge is 2.31. The second-order valence-electron chi connectivity index (χ2n) is 10.4. The maximum absolute atomic E-state index is 13.4. The molecule has 0 radical (unpaired) electrons. The predicted molar refractivity (Wildman–Crippen MR) is 162 cm³/mol. The van der Waals surface area contributed by atoms with Crippen LogP contribution >= 0.6 is 0 Å². The van der Waals surface area contributed by atoms with Crippen LogP contribution in [-0.4, -0.2) is 91.5 Å². The molecule has 45 heavy (non-hydrogen) atoms. The fourth-order valence-electron chi connectivity index (χ4n) is 4.58. The van der Waals surface area contributed by atoms with Crippen molar-refractivity contribution in [1.29, 1.82) is 0 Å². The summed E-state index contributed by atoms with van der Waals surface area (Å²) >= 11 is 0. The first-order chi connectivity index (χ1) is 21.4. The predicted octanol–water partition coefficient (Wildman–Crippen LogP) is -1.54. The normalized spacial score (nSPS) is 13.6. The van der Waals surface area contributed by atoms with E-state index in [-0.39, 0.29) is 44.6 Å². The largest absolute Gasteiger partial charge is 0.481 e. The van der Waals surface area contributed by atoms with Crippen molar-refractivity contribution in [3.05, 3.63) is 54.2 Å². The van der Waals surface area contributed by atoms with Crippen molar-refractivity contribution in [2.24, 2.45) is 22.2 Å². The van der Waals surface area contributed by atoms with Crippen molar-refractivity contribution >= 4 is 46.5 Å². The summed E-state index contributed by atoms with van der Waals surface area (Å²) in [5, 5.41) is 27.4. The molecule has 0 aliphatic rings. The van der Waals surface area contributed by atoms with E-state index in [1.165, 1.54) is 12.5 Å². The van der Waals surface area contributed by atoms with Gasteiger partial charge in [-0.2, -0.15) is 0 Å². The summed E-state index contributed by atoms with van der Waals surface area (Å²) < 4.78 is 0. The van der Waals surface area contributed by atoms with Crippen LogP contribution < -0.4 is 33.2 Å². The molecule has 242 valence electrons. The Morgan fingerprint density at radius 2 is 1.56 bits per heavy atom. The van der Waals surface area contributed by atoms with Gasteiger partial charge in [-0.1, -0.05) is 18.2 Å². The Bertz CT molecular complexity index is 1500. The Hall–Kier alpha value is -5.45. The van der Waals surface area contributed by atoms with Crippen LogP contribution in [0.4, 0.5) is 0 Å². The molecule has 3 aromatic rings. The van der Waals surface area contributed by atoms with Crippen molar-refractivity contribution in [1.82, 2.24) is 30.9 Å². The molecule has 1 aromatic carbocycles. The standard InChI is InChI=1S/C28H38N10O7/c29-18(11-16-13-32-14-35-16)24(41)36-21(7-8-23(39)40)26(43)37-20(6-3-9-33-28(30)31)25(42)38-22(27(44)45)10-15-12-34-19-5-2-1-4-17(15)19/h1-2,4-5,12-14,18,20-22,34H,3,6-11,29H2,(H,32,35)(H,36,41)(H,37,43)(H,38,42)(H,39,40)(H,44,45)(H4,30,31,33). The number of aliphatic carboxylic acids is 2. The molecular weight excluding hydrogens is 588 g/mol. The minimum Gasteiger partial charge on any atom is -0.481 e. The number of aromatic nitrogens is 3. The summed E-state index contributed by atoms with van der Waals surface area (Å²) in [7, 11) is 0. The van der Waals surface area contributed by atoms with Crippen molar-refractivity contribution in [3.63, 3.8) is 0 Å². The van der Waals surface area contributed by atoms with Crippen LogP contribution in [0.15, 0.2) is 48.0 Å². The van der Waals surface area contributed by atoms with E-state index >= 15 is 0 Å². The maximum Gasteiger partial charge on any atom is 0.326 e. The zero-order valence-corrected chi connectivity index (χ0v) is 24.4. The number of nitrogens with one attached hydrogen (secondary N) is 5. The van der Waals surface area contributed by atoms with Crippen LogP contribution in [0.1, 0.15) is 36.9 Å². The highest BCUT2D eigenvalue weighted by atomic mass is 16.4. The van der Waals surface area contributed by atoms with E-state index in [1.807, 2.05) is 18.2 Å². The van der Waals surface area contributed by atoms with E-state index < -0.39 is 60.2 Å². The first kappa shape index (κ1) is 34.0. The number of amides is 3. The number of rotatable bonds is 18. The molecule has 17 heteroatoms. The quantitative estimate of drug-likeness (QED) is 0.0438. The number of benzene rings is 1. The summed E-state index contributed by atoms with van der Waals surface area (Å²) in [5.74, 6) is -5.07. The van der Waals surface area contributed by atoms with Crippen LogP contribution in [0, 0.1) is 0 Å². The molecule has 0 fully saturated rings. The lowest BCUT2D eigenvalue weighted by Crippen LogP contribution is -2.57. The van der Waals surface area contributed by atoms with Gasteiger partial charge < -0.3 is 53.3 Å². The molecular formula is C28H38N10O7. The van der Waals surface area contributed by atoms with Gasteiger partial charge in [-0.05, 0) is 30.9 Å². The number of aliphatic imine (C=N–C) groups is 1. The number of nitrogens with zero attached hydrogens (tertiary/aromatic N) is 2. The summed E-state index contributed by atoms with van der Waals surface area (Å²) in [4.78, 5) is 76.6. The van der Waals surface area contributed by atoms with Crippen molar-refractivity contribution in [2.75, 3.05) is 6.54 Å². The van der Waals surface area contributed by atoms with Crippen LogP contribution in [0.25, 0.3) is 10.9 Å². The number of carboxylic acid groups (broad SMARTS) is 2. The number of hydrogen-bond acceptors (Lipinski definition) is 8. The van der Waals surface area contributed by atoms with Crippen molar-refractivity contribution in [2.45, 2.75) is 62.7 Å². The first-order valence-corrected chi connectivity index (χ1v) is 14.1. The second kappa shape index (κ2) is 16.4. The monoisotopic (exact) mass is 626 g/mol. The number of hydrogen-bond donors (Lipinski definition) is 10. The maximum atomic E-state index is 13.4. The van der Waals surface area contributed by atoms with Crippen LogP contribution in [0.5, 0.6) is 0 Å². The molecule has 2 heterocycles. The van der Waals surface area contributed by atoms with Gasteiger partial charge in [0.05, 0.1) is 12.4 Å². The van der Waals surface area contributed by atoms with E-state index in [2.05, 4.69) is 35.9 Å². The van der Waals surface area contributed by atoms with Crippen molar-refractivity contribution in [3.8, 4) is 0 Å². The van der Waals surface area contributed by atoms with E-state index in [9.17, 15) is 34.2 Å². The lowest BCUT2D eigenvalue weighted by Gasteiger charge is -2.25. The summed E-state index contributed by atoms with van der Waals surface area (Å²) in [6, 6.07) is 2.20. The van der Waals surface area contributed by atoms with Crippen LogP contribution in [0.2, 0.25) is 0 Å². The molecule has 0 aliphatic heterocycles. The van der Waals surface area contributed by atoms with Gasteiger partial charge in [0.25, 0.3) is 0 Å². The number of imidazole rings is 1. The Balaban J connectivity index is 1.76. The summed E-state index contributed by atoms with van der Waals surface area (Å²) in [6.07, 6.45) is 4.02. The van der Waals surface area contributed by atoms with Crippen molar-refractivity contribution < 1.29 is 34.2 Å². The third-order valence-corrected chi connectivity index (χ3v) is 6.90. The average molecular weight is 627 g/mol. The number of H-pyrrole nitrogens is 2. The number of carbonyl (C=O) groups is 5. The number of carbonyl (C=O) groups excluding carboxylic acids is 3. The Morgan fingerprint density at radius 1 is 0.889 bits per heavy atom. The van der Waals surface area contributed by atoms with Gasteiger partial charge in [0.15, 0.2) is 5.96 Å². The lowest BCUT2D eigenvalue weighted by atomic mass is 10.0. The smallest absolute Gasteiger partial charge is 0.326 e. The minimum absolute atomic E-state index is 0.00723. The number of fused-ring (bicyclic) bond motifs is 1. The van der Waals surface area contributed by atoms with Gasteiger partial charge in [0.2, 0.25) is 17.7 Å². The van der Waals surface area contributed by atoms with E-state index in [1.54, 1.807) is 12.3 Å². The fourth-order valence-corrected chi connectivity index (χ4v) is 4.58. The Morgan fingerprint density at radius 3 is 2.20 bits per heavy atom. The lowest BCUT2D eigenvalue weighted by molar-refractivity contribution is -0.142. The zero-order valence-electron chi connectivity index (χ0n) is 24.4. The average Bonchev–Trinajstić information content (AvgIpc) is 3.65. The first-order valence-electron chi connectivity index (χ1n) is 14.1. The number of nitrogens with two attached hydrogens (primary N) is 3. The fraction of sp³-hybridized carbons (Fsp3) is 0.393. The minimum atomic E-state index is -1.36. The number of aromatic amines is 2. The van der Waals surface area contributed by atoms with Crippen LogP contribution in [-0.2, 0) is 36.8 Å². The van der Waals surface area contributed by atoms with Crippen LogP contribution in [0.3, 0.4) is 0 Å². The van der Waals surface area contributed by atoms with Gasteiger partial charge >= 0.3 is 11.9 Å². The Kier molecular flexibility index (Phi) is 12.4. The molecule has 0 aliphatic carbocycles. The summed E-state index contributed by atoms with van der Waals surface area (Å²) in [6.45, 7) is 0.112. The van der Waals surface area contributed by atoms with Gasteiger partial charge in [-0.25, -0.2) is 9.78 Å². The molecule has 4 unspecified atom stereocenters. The number of guanidine groups is 1. The van der Waals surface area contributed by atoms with Gasteiger partial charge in [-0.3, -0.25) is 24.2 Å². The highest BCUT2D eigenvalue weighted by molar-refractivity contribution is 5.94.